The third-order valence-corrected chi connectivity index (χ3v) is 4.21. The predicted octanol–water partition coefficient (Wildman–Crippen LogP) is 4.15. The van der Waals surface area contributed by atoms with E-state index in [-0.39, 0.29) is 0 Å². The van der Waals surface area contributed by atoms with Crippen LogP contribution in [0.15, 0.2) is 41.1 Å². The SMILES string of the molecule is Cc1cccc(-n2c(=S)[nH]c3cnccc32)c1Br. The number of aryl methyl sites for hydroxylation is 1. The van der Waals surface area contributed by atoms with E-state index in [4.69, 9.17) is 12.2 Å². The Bertz CT molecular complexity index is 788. The number of halogens is 1. The molecule has 0 fully saturated rings. The zero-order valence-corrected chi connectivity index (χ0v) is 12.0. The lowest BCUT2D eigenvalue weighted by molar-refractivity contribution is 1.05. The molecule has 0 spiro atoms. The molecule has 3 rings (SSSR count). The Morgan fingerprint density at radius 1 is 1.33 bits per heavy atom. The van der Waals surface area contributed by atoms with E-state index in [1.165, 1.54) is 5.56 Å². The molecule has 0 radical (unpaired) electrons. The normalized spacial score (nSPS) is 11.0. The molecule has 0 bridgehead atoms. The lowest BCUT2D eigenvalue weighted by Gasteiger charge is -2.09. The van der Waals surface area contributed by atoms with Gasteiger partial charge in [-0.05, 0) is 52.8 Å². The second kappa shape index (κ2) is 4.33. The van der Waals surface area contributed by atoms with Gasteiger partial charge in [0.1, 0.15) is 0 Å². The summed E-state index contributed by atoms with van der Waals surface area (Å²) >= 11 is 9.02. The Kier molecular flexibility index (Phi) is 2.80. The van der Waals surface area contributed by atoms with E-state index in [1.54, 1.807) is 12.4 Å². The topological polar surface area (TPSA) is 33.6 Å². The smallest absolute Gasteiger partial charge is 0.182 e. The molecule has 0 aliphatic rings. The average molecular weight is 320 g/mol. The predicted molar refractivity (Wildman–Crippen MR) is 78.7 cm³/mol. The number of pyridine rings is 1. The summed E-state index contributed by atoms with van der Waals surface area (Å²) in [5.41, 5.74) is 4.19. The minimum absolute atomic E-state index is 0.671. The Morgan fingerprint density at radius 2 is 2.17 bits per heavy atom. The van der Waals surface area contributed by atoms with Gasteiger partial charge in [0, 0.05) is 10.7 Å². The molecule has 0 aliphatic carbocycles. The lowest BCUT2D eigenvalue weighted by Crippen LogP contribution is -1.96. The molecule has 0 saturated carbocycles. The van der Waals surface area contributed by atoms with Gasteiger partial charge in [0.25, 0.3) is 0 Å². The van der Waals surface area contributed by atoms with Gasteiger partial charge >= 0.3 is 0 Å². The van der Waals surface area contributed by atoms with Crippen molar-refractivity contribution in [3.05, 3.63) is 51.5 Å². The number of rotatable bonds is 1. The van der Waals surface area contributed by atoms with E-state index in [0.29, 0.717) is 4.77 Å². The molecule has 18 heavy (non-hydrogen) atoms. The molecule has 0 aliphatic heterocycles. The van der Waals surface area contributed by atoms with E-state index in [9.17, 15) is 0 Å². The second-order valence-electron chi connectivity index (χ2n) is 4.07. The van der Waals surface area contributed by atoms with Crippen molar-refractivity contribution in [1.82, 2.24) is 14.5 Å². The average Bonchev–Trinajstić information content (AvgIpc) is 2.69. The summed E-state index contributed by atoms with van der Waals surface area (Å²) in [7, 11) is 0. The van der Waals surface area contributed by atoms with Crippen LogP contribution in [0.3, 0.4) is 0 Å². The fraction of sp³-hybridized carbons (Fsp3) is 0.0769. The molecule has 1 N–H and O–H groups in total. The molecule has 90 valence electrons. The number of imidazole rings is 1. The van der Waals surface area contributed by atoms with Crippen molar-refractivity contribution in [2.75, 3.05) is 0 Å². The van der Waals surface area contributed by atoms with Crippen LogP contribution in [0.25, 0.3) is 16.7 Å². The van der Waals surface area contributed by atoms with E-state index < -0.39 is 0 Å². The molecule has 2 aromatic heterocycles. The van der Waals surface area contributed by atoms with E-state index in [0.717, 1.165) is 21.2 Å². The van der Waals surface area contributed by atoms with Crippen LogP contribution in [0.4, 0.5) is 0 Å². The highest BCUT2D eigenvalue weighted by Crippen LogP contribution is 2.27. The minimum Gasteiger partial charge on any atom is -0.329 e. The first kappa shape index (κ1) is 11.6. The highest BCUT2D eigenvalue weighted by Gasteiger charge is 2.10. The molecule has 3 nitrogen and oxygen atoms in total. The van der Waals surface area contributed by atoms with Crippen molar-refractivity contribution in [2.45, 2.75) is 6.92 Å². The number of fused-ring (bicyclic) bond motifs is 1. The van der Waals surface area contributed by atoms with Crippen molar-refractivity contribution < 1.29 is 0 Å². The molecular weight excluding hydrogens is 310 g/mol. The van der Waals surface area contributed by atoms with Crippen LogP contribution < -0.4 is 0 Å². The molecular formula is C13H10BrN3S. The first-order valence-corrected chi connectivity index (χ1v) is 6.69. The Labute approximate surface area is 118 Å². The second-order valence-corrected chi connectivity index (χ2v) is 5.25. The number of benzene rings is 1. The van der Waals surface area contributed by atoms with Crippen LogP contribution in [-0.4, -0.2) is 14.5 Å². The number of aromatic amines is 1. The Balaban J connectivity index is 2.42. The van der Waals surface area contributed by atoms with Crippen molar-refractivity contribution in [1.29, 1.82) is 0 Å². The third kappa shape index (κ3) is 1.71. The zero-order valence-electron chi connectivity index (χ0n) is 9.64. The van der Waals surface area contributed by atoms with Gasteiger partial charge in [0.15, 0.2) is 4.77 Å². The van der Waals surface area contributed by atoms with E-state index >= 15 is 0 Å². The van der Waals surface area contributed by atoms with Crippen molar-refractivity contribution in [2.24, 2.45) is 0 Å². The minimum atomic E-state index is 0.671. The van der Waals surface area contributed by atoms with Gasteiger partial charge in [-0.25, -0.2) is 0 Å². The summed E-state index contributed by atoms with van der Waals surface area (Å²) in [6.07, 6.45) is 3.55. The molecule has 0 saturated heterocycles. The highest BCUT2D eigenvalue weighted by molar-refractivity contribution is 9.10. The van der Waals surface area contributed by atoms with Gasteiger partial charge in [-0.3, -0.25) is 9.55 Å². The highest BCUT2D eigenvalue weighted by atomic mass is 79.9. The van der Waals surface area contributed by atoms with Crippen LogP contribution in [0.5, 0.6) is 0 Å². The summed E-state index contributed by atoms with van der Waals surface area (Å²) in [5, 5.41) is 0. The summed E-state index contributed by atoms with van der Waals surface area (Å²) in [4.78, 5) is 7.27. The maximum Gasteiger partial charge on any atom is 0.182 e. The summed E-state index contributed by atoms with van der Waals surface area (Å²) in [6, 6.07) is 8.09. The Hall–Kier alpha value is -1.46. The molecule has 0 amide bonds. The van der Waals surface area contributed by atoms with Crippen molar-refractivity contribution in [3.8, 4) is 5.69 Å². The van der Waals surface area contributed by atoms with E-state index in [2.05, 4.69) is 38.9 Å². The fourth-order valence-electron chi connectivity index (χ4n) is 2.00. The number of hydrogen-bond donors (Lipinski definition) is 1. The summed E-state index contributed by atoms with van der Waals surface area (Å²) in [6.45, 7) is 2.06. The number of H-pyrrole nitrogens is 1. The van der Waals surface area contributed by atoms with Crippen LogP contribution in [0.2, 0.25) is 0 Å². The van der Waals surface area contributed by atoms with Gasteiger partial charge in [-0.1, -0.05) is 12.1 Å². The number of nitrogens with zero attached hydrogens (tertiary/aromatic N) is 2. The first-order valence-electron chi connectivity index (χ1n) is 5.49. The number of nitrogens with one attached hydrogen (secondary N) is 1. The number of hydrogen-bond acceptors (Lipinski definition) is 2. The standard InChI is InChI=1S/C13H10BrN3S/c1-8-3-2-4-11(12(8)14)17-10-5-6-15-7-9(10)16-13(17)18/h2-7H,1H3,(H,16,18). The van der Waals surface area contributed by atoms with Crippen LogP contribution in [0.1, 0.15) is 5.56 Å². The van der Waals surface area contributed by atoms with E-state index in [1.807, 2.05) is 22.8 Å². The van der Waals surface area contributed by atoms with Crippen molar-refractivity contribution >= 4 is 39.2 Å². The van der Waals surface area contributed by atoms with Gasteiger partial charge in [-0.15, -0.1) is 0 Å². The summed E-state index contributed by atoms with van der Waals surface area (Å²) < 4.78 is 3.74. The van der Waals surface area contributed by atoms with Crippen LogP contribution >= 0.6 is 28.1 Å². The number of aromatic nitrogens is 3. The van der Waals surface area contributed by atoms with Gasteiger partial charge in [-0.2, -0.15) is 0 Å². The molecule has 3 aromatic rings. The van der Waals surface area contributed by atoms with Crippen LogP contribution in [-0.2, 0) is 0 Å². The van der Waals surface area contributed by atoms with Gasteiger partial charge in [0.05, 0.1) is 22.9 Å². The molecule has 2 heterocycles. The molecule has 1 aromatic carbocycles. The quantitative estimate of drug-likeness (QED) is 0.683. The van der Waals surface area contributed by atoms with Crippen molar-refractivity contribution in [3.63, 3.8) is 0 Å². The first-order chi connectivity index (χ1) is 8.68. The Morgan fingerprint density at radius 3 is 3.00 bits per heavy atom. The third-order valence-electron chi connectivity index (χ3n) is 2.90. The van der Waals surface area contributed by atoms with Gasteiger partial charge in [0.2, 0.25) is 0 Å². The maximum absolute atomic E-state index is 5.40. The van der Waals surface area contributed by atoms with Gasteiger partial charge < -0.3 is 4.98 Å². The molecule has 5 heteroatoms. The summed E-state index contributed by atoms with van der Waals surface area (Å²) in [5.74, 6) is 0. The monoisotopic (exact) mass is 319 g/mol. The fourth-order valence-corrected chi connectivity index (χ4v) is 2.75. The molecule has 0 unspecified atom stereocenters. The largest absolute Gasteiger partial charge is 0.329 e. The lowest BCUT2D eigenvalue weighted by atomic mass is 10.2. The zero-order chi connectivity index (χ0) is 12.7. The molecule has 0 atom stereocenters. The maximum atomic E-state index is 5.40. The van der Waals surface area contributed by atoms with Crippen LogP contribution in [0, 0.1) is 11.7 Å².